The molecule has 1 heterocycles. The summed E-state index contributed by atoms with van der Waals surface area (Å²) in [4.78, 5) is 4.62. The van der Waals surface area contributed by atoms with Crippen LogP contribution in [0.15, 0.2) is 17.1 Å². The first-order chi connectivity index (χ1) is 8.49. The maximum atomic E-state index is 6.27. The van der Waals surface area contributed by atoms with Gasteiger partial charge >= 0.3 is 0 Å². The lowest BCUT2D eigenvalue weighted by atomic mass is 10.1. The van der Waals surface area contributed by atoms with Crippen molar-refractivity contribution < 1.29 is 0 Å². The Morgan fingerprint density at radius 1 is 1.33 bits per heavy atom. The number of nitrogens with one attached hydrogen (secondary N) is 1. The van der Waals surface area contributed by atoms with E-state index in [2.05, 4.69) is 24.2 Å². The minimum Gasteiger partial charge on any atom is -0.333 e. The molecule has 1 aliphatic heterocycles. The SMILES string of the molecule is Cc1ccc(Cl)c(NC2=NC(C)C(C)CS2)c1Cl. The van der Waals surface area contributed by atoms with Crippen LogP contribution in [0, 0.1) is 12.8 Å². The molecule has 98 valence electrons. The van der Waals surface area contributed by atoms with Gasteiger partial charge in [0.05, 0.1) is 21.8 Å². The highest BCUT2D eigenvalue weighted by molar-refractivity contribution is 8.14. The number of amidine groups is 1. The van der Waals surface area contributed by atoms with Gasteiger partial charge in [0, 0.05) is 5.75 Å². The van der Waals surface area contributed by atoms with Crippen LogP contribution in [0.25, 0.3) is 0 Å². The Hall–Kier alpha value is -0.380. The van der Waals surface area contributed by atoms with E-state index in [4.69, 9.17) is 23.2 Å². The van der Waals surface area contributed by atoms with Crippen LogP contribution in [0.2, 0.25) is 10.0 Å². The van der Waals surface area contributed by atoms with E-state index in [0.717, 1.165) is 22.2 Å². The molecule has 1 aromatic rings. The summed E-state index contributed by atoms with van der Waals surface area (Å²) in [5.74, 6) is 1.66. The van der Waals surface area contributed by atoms with Gasteiger partial charge in [0.1, 0.15) is 0 Å². The van der Waals surface area contributed by atoms with Gasteiger partial charge in [-0.15, -0.1) is 0 Å². The van der Waals surface area contributed by atoms with Crippen molar-refractivity contribution in [2.75, 3.05) is 11.1 Å². The van der Waals surface area contributed by atoms with Gasteiger partial charge in [0.2, 0.25) is 0 Å². The van der Waals surface area contributed by atoms with Gasteiger partial charge in [0.25, 0.3) is 0 Å². The van der Waals surface area contributed by atoms with E-state index in [0.29, 0.717) is 22.0 Å². The lowest BCUT2D eigenvalue weighted by molar-refractivity contribution is 0.537. The van der Waals surface area contributed by atoms with Gasteiger partial charge in [-0.2, -0.15) is 0 Å². The molecule has 5 heteroatoms. The third-order valence-electron chi connectivity index (χ3n) is 3.14. The fourth-order valence-corrected chi connectivity index (χ4v) is 3.23. The number of halogens is 2. The number of aryl methyl sites for hydroxylation is 1. The van der Waals surface area contributed by atoms with E-state index < -0.39 is 0 Å². The molecule has 2 atom stereocenters. The second-order valence-electron chi connectivity index (χ2n) is 4.64. The number of thioether (sulfide) groups is 1. The molecule has 0 saturated heterocycles. The van der Waals surface area contributed by atoms with Crippen molar-refractivity contribution in [3.8, 4) is 0 Å². The number of benzene rings is 1. The van der Waals surface area contributed by atoms with Gasteiger partial charge in [-0.25, -0.2) is 0 Å². The number of nitrogens with zero attached hydrogens (tertiary/aromatic N) is 1. The molecule has 0 bridgehead atoms. The Balaban J connectivity index is 2.25. The van der Waals surface area contributed by atoms with Crippen molar-refractivity contribution in [3.05, 3.63) is 27.7 Å². The Morgan fingerprint density at radius 2 is 2.06 bits per heavy atom. The molecule has 0 spiro atoms. The normalized spacial score (nSPS) is 23.7. The largest absolute Gasteiger partial charge is 0.333 e. The quantitative estimate of drug-likeness (QED) is 0.802. The summed E-state index contributed by atoms with van der Waals surface area (Å²) in [5.41, 5.74) is 1.76. The number of hydrogen-bond acceptors (Lipinski definition) is 3. The summed E-state index contributed by atoms with van der Waals surface area (Å²) in [7, 11) is 0. The Kier molecular flexibility index (Phi) is 4.46. The van der Waals surface area contributed by atoms with Crippen molar-refractivity contribution >= 4 is 45.8 Å². The van der Waals surface area contributed by atoms with E-state index in [-0.39, 0.29) is 0 Å². The maximum absolute atomic E-state index is 6.27. The predicted molar refractivity (Wildman–Crippen MR) is 83.3 cm³/mol. The molecule has 1 N–H and O–H groups in total. The zero-order valence-electron chi connectivity index (χ0n) is 10.6. The first-order valence-electron chi connectivity index (χ1n) is 5.91. The van der Waals surface area contributed by atoms with Crippen LogP contribution in [0.3, 0.4) is 0 Å². The molecule has 0 aromatic heterocycles. The van der Waals surface area contributed by atoms with Crippen LogP contribution >= 0.6 is 35.0 Å². The van der Waals surface area contributed by atoms with Crippen molar-refractivity contribution in [1.29, 1.82) is 0 Å². The monoisotopic (exact) mass is 302 g/mol. The van der Waals surface area contributed by atoms with Crippen LogP contribution in [0.1, 0.15) is 19.4 Å². The molecule has 1 aliphatic rings. The summed E-state index contributed by atoms with van der Waals surface area (Å²) in [6, 6.07) is 4.10. The summed E-state index contributed by atoms with van der Waals surface area (Å²) in [6.07, 6.45) is 0. The zero-order valence-corrected chi connectivity index (χ0v) is 13.0. The summed E-state index contributed by atoms with van der Waals surface area (Å²) in [6.45, 7) is 6.31. The first-order valence-corrected chi connectivity index (χ1v) is 7.65. The Bertz CT molecular complexity index is 488. The highest BCUT2D eigenvalue weighted by atomic mass is 35.5. The molecule has 2 unspecified atom stereocenters. The van der Waals surface area contributed by atoms with Crippen molar-refractivity contribution in [3.63, 3.8) is 0 Å². The van der Waals surface area contributed by atoms with Crippen LogP contribution in [0.5, 0.6) is 0 Å². The van der Waals surface area contributed by atoms with Crippen LogP contribution < -0.4 is 5.32 Å². The highest BCUT2D eigenvalue weighted by Crippen LogP contribution is 2.34. The van der Waals surface area contributed by atoms with E-state index in [9.17, 15) is 0 Å². The number of rotatable bonds is 1. The summed E-state index contributed by atoms with van der Waals surface area (Å²) >= 11 is 14.2. The van der Waals surface area contributed by atoms with Crippen molar-refractivity contribution in [1.82, 2.24) is 0 Å². The van der Waals surface area contributed by atoms with Crippen LogP contribution in [-0.4, -0.2) is 17.0 Å². The minimum absolute atomic E-state index is 0.330. The van der Waals surface area contributed by atoms with Crippen LogP contribution in [-0.2, 0) is 0 Å². The Morgan fingerprint density at radius 3 is 2.72 bits per heavy atom. The second kappa shape index (κ2) is 5.72. The van der Waals surface area contributed by atoms with Gasteiger partial charge in [-0.3, -0.25) is 4.99 Å². The fourth-order valence-electron chi connectivity index (χ4n) is 1.65. The standard InChI is InChI=1S/C13H16Cl2N2S/c1-7-4-5-10(14)12(11(7)15)17-13-16-9(3)8(2)6-18-13/h4-5,8-9H,6H2,1-3H3,(H,16,17). The Labute approximate surface area is 122 Å². The topological polar surface area (TPSA) is 24.4 Å². The molecule has 0 radical (unpaired) electrons. The molecule has 18 heavy (non-hydrogen) atoms. The number of hydrogen-bond donors (Lipinski definition) is 1. The molecule has 1 aromatic carbocycles. The first kappa shape index (κ1) is 14.0. The fraction of sp³-hybridized carbons (Fsp3) is 0.462. The average Bonchev–Trinajstić information content (AvgIpc) is 2.34. The van der Waals surface area contributed by atoms with E-state index in [1.165, 1.54) is 0 Å². The number of anilines is 1. The summed E-state index contributed by atoms with van der Waals surface area (Å²) < 4.78 is 0. The second-order valence-corrected chi connectivity index (χ2v) is 6.44. The lowest BCUT2D eigenvalue weighted by Crippen LogP contribution is -2.25. The summed E-state index contributed by atoms with van der Waals surface area (Å²) in [5, 5.41) is 5.45. The van der Waals surface area contributed by atoms with Gasteiger partial charge in [-0.05, 0) is 31.4 Å². The van der Waals surface area contributed by atoms with Crippen molar-refractivity contribution in [2.24, 2.45) is 10.9 Å². The third kappa shape index (κ3) is 2.95. The van der Waals surface area contributed by atoms with Crippen molar-refractivity contribution in [2.45, 2.75) is 26.8 Å². The molecule has 0 saturated carbocycles. The molecular formula is C13H16Cl2N2S. The maximum Gasteiger partial charge on any atom is 0.161 e. The lowest BCUT2D eigenvalue weighted by Gasteiger charge is -2.24. The smallest absolute Gasteiger partial charge is 0.161 e. The third-order valence-corrected chi connectivity index (χ3v) is 5.12. The molecule has 0 amide bonds. The van der Waals surface area contributed by atoms with Gasteiger partial charge < -0.3 is 5.32 Å². The zero-order chi connectivity index (χ0) is 13.3. The van der Waals surface area contributed by atoms with Gasteiger partial charge in [0.15, 0.2) is 5.17 Å². The average molecular weight is 303 g/mol. The van der Waals surface area contributed by atoms with E-state index in [1.807, 2.05) is 19.1 Å². The van der Waals surface area contributed by atoms with Gasteiger partial charge in [-0.1, -0.05) is 48.0 Å². The molecule has 2 nitrogen and oxygen atoms in total. The number of aliphatic imine (C=N–C) groups is 1. The minimum atomic E-state index is 0.330. The predicted octanol–water partition coefficient (Wildman–Crippen LogP) is 4.84. The van der Waals surface area contributed by atoms with E-state index in [1.54, 1.807) is 11.8 Å². The molecule has 2 rings (SSSR count). The molecule has 0 aliphatic carbocycles. The molecule has 0 fully saturated rings. The van der Waals surface area contributed by atoms with Crippen LogP contribution in [0.4, 0.5) is 5.69 Å². The van der Waals surface area contributed by atoms with E-state index >= 15 is 0 Å². The molecular weight excluding hydrogens is 287 g/mol. The highest BCUT2D eigenvalue weighted by Gasteiger charge is 2.20.